The Morgan fingerprint density at radius 2 is 2.20 bits per heavy atom. The summed E-state index contributed by atoms with van der Waals surface area (Å²) in [4.78, 5) is 0. The van der Waals surface area contributed by atoms with Crippen molar-refractivity contribution in [3.8, 4) is 0 Å². The Balaban J connectivity index is 2.74. The zero-order valence-electron chi connectivity index (χ0n) is 8.67. The summed E-state index contributed by atoms with van der Waals surface area (Å²) in [7, 11) is 0. The van der Waals surface area contributed by atoms with E-state index in [1.165, 1.54) is 0 Å². The van der Waals surface area contributed by atoms with Crippen LogP contribution in [0.25, 0.3) is 11.0 Å². The van der Waals surface area contributed by atoms with Gasteiger partial charge in [-0.1, -0.05) is 16.8 Å². The molecule has 0 saturated heterocycles. The van der Waals surface area contributed by atoms with Gasteiger partial charge in [-0.15, -0.1) is 0 Å². The lowest BCUT2D eigenvalue weighted by Crippen LogP contribution is -1.92. The van der Waals surface area contributed by atoms with Gasteiger partial charge in [0.1, 0.15) is 0 Å². The molecule has 0 radical (unpaired) electrons. The summed E-state index contributed by atoms with van der Waals surface area (Å²) in [5.74, 6) is 0. The normalized spacial score (nSPS) is 11.2. The molecular formula is C11H12ClNO2. The molecule has 0 saturated carbocycles. The second-order valence-electron chi connectivity index (χ2n) is 3.61. The molecule has 0 spiro atoms. The molecule has 0 aliphatic heterocycles. The molecule has 1 aromatic carbocycles. The van der Waals surface area contributed by atoms with E-state index in [-0.39, 0.29) is 6.61 Å². The smallest absolute Gasteiger partial charge is 0.167 e. The van der Waals surface area contributed by atoms with E-state index in [2.05, 4.69) is 5.16 Å². The van der Waals surface area contributed by atoms with Gasteiger partial charge in [-0.2, -0.15) is 0 Å². The number of aromatic nitrogens is 1. The number of halogens is 1. The maximum atomic E-state index is 8.90. The molecule has 0 amide bonds. The van der Waals surface area contributed by atoms with Gasteiger partial charge in [0, 0.05) is 23.4 Å². The van der Waals surface area contributed by atoms with Crippen LogP contribution in [-0.4, -0.2) is 16.9 Å². The van der Waals surface area contributed by atoms with Crippen LogP contribution in [0.15, 0.2) is 10.6 Å². The van der Waals surface area contributed by atoms with E-state index in [1.807, 2.05) is 19.9 Å². The molecule has 1 N–H and O–H groups in total. The molecule has 0 aliphatic rings. The van der Waals surface area contributed by atoms with E-state index in [0.717, 1.165) is 32.8 Å². The summed E-state index contributed by atoms with van der Waals surface area (Å²) in [5.41, 5.74) is 3.45. The molecule has 1 heterocycles. The number of aliphatic hydroxyl groups excluding tert-OH is 1. The third-order valence-electron chi connectivity index (χ3n) is 2.54. The topological polar surface area (TPSA) is 46.3 Å². The third-order valence-corrected chi connectivity index (χ3v) is 3.12. The van der Waals surface area contributed by atoms with E-state index in [0.29, 0.717) is 6.42 Å². The number of nitrogens with zero attached hydrogens (tertiary/aromatic N) is 1. The minimum Gasteiger partial charge on any atom is -0.396 e. The second kappa shape index (κ2) is 3.83. The fourth-order valence-corrected chi connectivity index (χ4v) is 1.93. The predicted octanol–water partition coefficient (Wildman–Crippen LogP) is 2.63. The SMILES string of the molecule is Cc1cc2onc(CCO)c2c(C)c1Cl. The Bertz CT molecular complexity index is 505. The first-order chi connectivity index (χ1) is 7.15. The van der Waals surface area contributed by atoms with E-state index in [9.17, 15) is 0 Å². The fourth-order valence-electron chi connectivity index (χ4n) is 1.78. The van der Waals surface area contributed by atoms with Crippen molar-refractivity contribution in [1.29, 1.82) is 0 Å². The van der Waals surface area contributed by atoms with Gasteiger partial charge in [0.2, 0.25) is 0 Å². The molecular weight excluding hydrogens is 214 g/mol. The van der Waals surface area contributed by atoms with Crippen molar-refractivity contribution in [3.63, 3.8) is 0 Å². The third kappa shape index (κ3) is 1.62. The van der Waals surface area contributed by atoms with Crippen molar-refractivity contribution in [2.75, 3.05) is 6.61 Å². The van der Waals surface area contributed by atoms with Gasteiger partial charge < -0.3 is 9.63 Å². The Hall–Kier alpha value is -1.06. The van der Waals surface area contributed by atoms with Gasteiger partial charge in [0.05, 0.1) is 5.69 Å². The van der Waals surface area contributed by atoms with Gasteiger partial charge in [0.25, 0.3) is 0 Å². The molecule has 0 atom stereocenters. The van der Waals surface area contributed by atoms with Crippen LogP contribution in [0.2, 0.25) is 5.02 Å². The van der Waals surface area contributed by atoms with Crippen LogP contribution in [0, 0.1) is 13.8 Å². The number of benzene rings is 1. The molecule has 2 rings (SSSR count). The van der Waals surface area contributed by atoms with E-state index in [1.54, 1.807) is 0 Å². The maximum absolute atomic E-state index is 8.90. The van der Waals surface area contributed by atoms with Crippen LogP contribution in [0.3, 0.4) is 0 Å². The number of hydrogen-bond acceptors (Lipinski definition) is 3. The molecule has 3 nitrogen and oxygen atoms in total. The Morgan fingerprint density at radius 3 is 2.87 bits per heavy atom. The van der Waals surface area contributed by atoms with E-state index in [4.69, 9.17) is 21.2 Å². The molecule has 15 heavy (non-hydrogen) atoms. The number of aliphatic hydroxyl groups is 1. The lowest BCUT2D eigenvalue weighted by Gasteiger charge is -2.03. The Labute approximate surface area is 92.6 Å². The van der Waals surface area contributed by atoms with Crippen molar-refractivity contribution >= 4 is 22.6 Å². The summed E-state index contributed by atoms with van der Waals surface area (Å²) in [6, 6.07) is 1.87. The van der Waals surface area contributed by atoms with Crippen LogP contribution in [0.1, 0.15) is 16.8 Å². The molecule has 4 heteroatoms. The van der Waals surface area contributed by atoms with Crippen molar-refractivity contribution < 1.29 is 9.63 Å². The standard InChI is InChI=1S/C11H12ClNO2/c1-6-5-9-10(7(2)11(6)12)8(3-4-14)13-15-9/h5,14H,3-4H2,1-2H3. The molecule has 0 bridgehead atoms. The maximum Gasteiger partial charge on any atom is 0.167 e. The Kier molecular flexibility index (Phi) is 2.67. The van der Waals surface area contributed by atoms with Crippen molar-refractivity contribution in [2.24, 2.45) is 0 Å². The predicted molar refractivity (Wildman–Crippen MR) is 59.3 cm³/mol. The zero-order valence-corrected chi connectivity index (χ0v) is 9.43. The largest absolute Gasteiger partial charge is 0.396 e. The minimum atomic E-state index is 0.0621. The molecule has 0 fully saturated rings. The van der Waals surface area contributed by atoms with Crippen LogP contribution in [0.5, 0.6) is 0 Å². The highest BCUT2D eigenvalue weighted by Crippen LogP contribution is 2.31. The number of rotatable bonds is 2. The second-order valence-corrected chi connectivity index (χ2v) is 3.99. The summed E-state index contributed by atoms with van der Waals surface area (Å²) in [5, 5.41) is 14.5. The fraction of sp³-hybridized carbons (Fsp3) is 0.364. The highest BCUT2D eigenvalue weighted by atomic mass is 35.5. The van der Waals surface area contributed by atoms with Crippen LogP contribution < -0.4 is 0 Å². The van der Waals surface area contributed by atoms with Crippen molar-refractivity contribution in [2.45, 2.75) is 20.3 Å². The van der Waals surface area contributed by atoms with Gasteiger partial charge >= 0.3 is 0 Å². The monoisotopic (exact) mass is 225 g/mol. The van der Waals surface area contributed by atoms with Gasteiger partial charge in [-0.3, -0.25) is 0 Å². The van der Waals surface area contributed by atoms with Crippen molar-refractivity contribution in [1.82, 2.24) is 5.16 Å². The van der Waals surface area contributed by atoms with Gasteiger partial charge in [0.15, 0.2) is 5.58 Å². The molecule has 0 unspecified atom stereocenters. The summed E-state index contributed by atoms with van der Waals surface area (Å²) in [6.07, 6.45) is 0.493. The van der Waals surface area contributed by atoms with E-state index >= 15 is 0 Å². The molecule has 1 aromatic heterocycles. The first-order valence-corrected chi connectivity index (χ1v) is 5.17. The van der Waals surface area contributed by atoms with Crippen LogP contribution in [0.4, 0.5) is 0 Å². The highest BCUT2D eigenvalue weighted by Gasteiger charge is 2.14. The average Bonchev–Trinajstić information content (AvgIpc) is 2.59. The van der Waals surface area contributed by atoms with Crippen molar-refractivity contribution in [3.05, 3.63) is 27.9 Å². The van der Waals surface area contributed by atoms with Crippen LogP contribution in [-0.2, 0) is 6.42 Å². The van der Waals surface area contributed by atoms with Gasteiger partial charge in [-0.05, 0) is 31.0 Å². The Morgan fingerprint density at radius 1 is 1.47 bits per heavy atom. The van der Waals surface area contributed by atoms with Crippen LogP contribution >= 0.6 is 11.6 Å². The minimum absolute atomic E-state index is 0.0621. The molecule has 2 aromatic rings. The number of fused-ring (bicyclic) bond motifs is 1. The average molecular weight is 226 g/mol. The number of hydrogen-bond donors (Lipinski definition) is 1. The lowest BCUT2D eigenvalue weighted by atomic mass is 10.0. The highest BCUT2D eigenvalue weighted by molar-refractivity contribution is 6.33. The molecule has 80 valence electrons. The number of aryl methyl sites for hydroxylation is 2. The summed E-state index contributed by atoms with van der Waals surface area (Å²) in [6.45, 7) is 3.94. The first kappa shape index (κ1) is 10.5. The lowest BCUT2D eigenvalue weighted by molar-refractivity contribution is 0.295. The summed E-state index contributed by atoms with van der Waals surface area (Å²) < 4.78 is 5.20. The van der Waals surface area contributed by atoms with Gasteiger partial charge in [-0.25, -0.2) is 0 Å². The summed E-state index contributed by atoms with van der Waals surface area (Å²) >= 11 is 6.15. The zero-order chi connectivity index (χ0) is 11.0. The molecule has 0 aliphatic carbocycles. The van der Waals surface area contributed by atoms with E-state index < -0.39 is 0 Å². The quantitative estimate of drug-likeness (QED) is 0.855. The first-order valence-electron chi connectivity index (χ1n) is 4.80.